The lowest BCUT2D eigenvalue weighted by Gasteiger charge is -2.18. The number of thioether (sulfide) groups is 1. The number of methoxy groups -OCH3 is 1. The van der Waals surface area contributed by atoms with Crippen LogP contribution < -0.4 is 9.47 Å². The number of esters is 1. The molecule has 4 rings (SSSR count). The fourth-order valence-corrected chi connectivity index (χ4v) is 5.44. The van der Waals surface area contributed by atoms with Crippen molar-refractivity contribution >= 4 is 46.4 Å². The van der Waals surface area contributed by atoms with Gasteiger partial charge in [0.15, 0.2) is 11.5 Å². The fourth-order valence-electron chi connectivity index (χ4n) is 4.16. The number of aliphatic imine (C=N–C) groups is 1. The van der Waals surface area contributed by atoms with Crippen LogP contribution in [0.4, 0.5) is 4.39 Å². The SMILES string of the molecule is CCOC(=O)C1=C(O)/C(=C/c2cc(Cl)c(OCc3cccc(F)c3)c(OC)c2)SC1=NC(=O)c1ccc(C(C)(C)C)cc1. The third-order valence-corrected chi connectivity index (χ3v) is 7.69. The van der Waals surface area contributed by atoms with Crippen LogP contribution in [-0.4, -0.2) is 35.7 Å². The highest BCUT2D eigenvalue weighted by molar-refractivity contribution is 8.18. The maximum atomic E-state index is 13.6. The number of halogens is 2. The summed E-state index contributed by atoms with van der Waals surface area (Å²) in [5.41, 5.74) is 2.23. The second kappa shape index (κ2) is 13.5. The number of hydrogen-bond donors (Lipinski definition) is 1. The van der Waals surface area contributed by atoms with Crippen LogP contribution >= 0.6 is 23.4 Å². The Morgan fingerprint density at radius 2 is 1.81 bits per heavy atom. The molecule has 0 saturated carbocycles. The number of nitrogens with zero attached hydrogens (tertiary/aromatic N) is 1. The standard InChI is InChI=1S/C33H31ClFNO6S/c1-6-41-32(39)27-28(37)26(43-31(27)36-30(38)21-10-12-22(13-11-21)33(2,3)4)17-20-15-24(34)29(25(16-20)40-5)42-18-19-8-7-9-23(35)14-19/h7-17,37H,6,18H2,1-5H3/b26-17-,36-31?. The lowest BCUT2D eigenvalue weighted by Crippen LogP contribution is -2.14. The summed E-state index contributed by atoms with van der Waals surface area (Å²) >= 11 is 7.48. The molecule has 7 nitrogen and oxygen atoms in total. The van der Waals surface area contributed by atoms with E-state index in [1.165, 1.54) is 19.2 Å². The molecular formula is C33H31ClFNO6S. The first kappa shape index (κ1) is 31.8. The van der Waals surface area contributed by atoms with E-state index in [1.807, 2.05) is 12.1 Å². The Hall–Kier alpha value is -4.08. The number of aliphatic hydroxyl groups excluding tert-OH is 1. The van der Waals surface area contributed by atoms with Crippen molar-refractivity contribution in [2.24, 2.45) is 4.99 Å². The molecule has 10 heteroatoms. The highest BCUT2D eigenvalue weighted by Gasteiger charge is 2.34. The molecule has 0 saturated heterocycles. The van der Waals surface area contributed by atoms with Gasteiger partial charge in [-0.1, -0.05) is 68.4 Å². The summed E-state index contributed by atoms with van der Waals surface area (Å²) in [6, 6.07) is 16.3. The Balaban J connectivity index is 1.64. The normalized spacial score (nSPS) is 15.2. The van der Waals surface area contributed by atoms with Crippen LogP contribution in [0.5, 0.6) is 11.5 Å². The molecule has 43 heavy (non-hydrogen) atoms. The molecule has 0 unspecified atom stereocenters. The average Bonchev–Trinajstić information content (AvgIpc) is 3.25. The molecule has 0 aromatic heterocycles. The van der Waals surface area contributed by atoms with E-state index in [0.29, 0.717) is 22.4 Å². The zero-order valence-corrected chi connectivity index (χ0v) is 25.9. The smallest absolute Gasteiger partial charge is 0.344 e. The molecule has 0 fully saturated rings. The van der Waals surface area contributed by atoms with Crippen molar-refractivity contribution in [3.05, 3.63) is 110 Å². The quantitative estimate of drug-likeness (QED) is 0.254. The predicted octanol–water partition coefficient (Wildman–Crippen LogP) is 8.07. The molecule has 0 aliphatic carbocycles. The number of carbonyl (C=O) groups is 2. The first-order valence-corrected chi connectivity index (χ1v) is 14.6. The van der Waals surface area contributed by atoms with Gasteiger partial charge in [-0.05, 0) is 71.5 Å². The topological polar surface area (TPSA) is 94.4 Å². The van der Waals surface area contributed by atoms with E-state index >= 15 is 0 Å². The molecule has 0 spiro atoms. The Labute approximate surface area is 259 Å². The third kappa shape index (κ3) is 7.66. The Bertz CT molecular complexity index is 1640. The average molecular weight is 624 g/mol. The van der Waals surface area contributed by atoms with Crippen molar-refractivity contribution in [3.63, 3.8) is 0 Å². The van der Waals surface area contributed by atoms with Crippen molar-refractivity contribution in [1.29, 1.82) is 0 Å². The Morgan fingerprint density at radius 1 is 1.09 bits per heavy atom. The van der Waals surface area contributed by atoms with E-state index in [1.54, 1.807) is 49.4 Å². The molecule has 3 aromatic rings. The van der Waals surface area contributed by atoms with Gasteiger partial charge in [0.05, 0.1) is 23.6 Å². The van der Waals surface area contributed by atoms with E-state index in [2.05, 4.69) is 25.8 Å². The van der Waals surface area contributed by atoms with Gasteiger partial charge < -0.3 is 19.3 Å². The van der Waals surface area contributed by atoms with Gasteiger partial charge >= 0.3 is 5.97 Å². The van der Waals surface area contributed by atoms with Crippen molar-refractivity contribution in [3.8, 4) is 11.5 Å². The molecule has 1 aliphatic rings. The van der Waals surface area contributed by atoms with E-state index in [-0.39, 0.29) is 56.5 Å². The van der Waals surface area contributed by atoms with Crippen molar-refractivity contribution in [2.45, 2.75) is 39.7 Å². The number of rotatable bonds is 8. The van der Waals surface area contributed by atoms with Gasteiger partial charge in [0.1, 0.15) is 28.8 Å². The fraction of sp³-hybridized carbons (Fsp3) is 0.242. The van der Waals surface area contributed by atoms with Crippen molar-refractivity contribution < 1.29 is 33.3 Å². The van der Waals surface area contributed by atoms with E-state index < -0.39 is 11.9 Å². The van der Waals surface area contributed by atoms with Gasteiger partial charge in [-0.15, -0.1) is 0 Å². The molecule has 3 aromatic carbocycles. The minimum Gasteiger partial charge on any atom is -0.506 e. The van der Waals surface area contributed by atoms with E-state index in [4.69, 9.17) is 25.8 Å². The van der Waals surface area contributed by atoms with Crippen molar-refractivity contribution in [1.82, 2.24) is 0 Å². The van der Waals surface area contributed by atoms with Crippen LogP contribution in [0.25, 0.3) is 6.08 Å². The van der Waals surface area contributed by atoms with Crippen LogP contribution in [0, 0.1) is 5.82 Å². The van der Waals surface area contributed by atoms with Gasteiger partial charge in [0.25, 0.3) is 5.91 Å². The first-order valence-electron chi connectivity index (χ1n) is 13.4. The summed E-state index contributed by atoms with van der Waals surface area (Å²) in [5.74, 6) is -1.57. The van der Waals surface area contributed by atoms with Gasteiger partial charge in [-0.2, -0.15) is 0 Å². The number of benzene rings is 3. The van der Waals surface area contributed by atoms with Crippen LogP contribution in [0.2, 0.25) is 5.02 Å². The van der Waals surface area contributed by atoms with Gasteiger partial charge in [0.2, 0.25) is 0 Å². The minimum absolute atomic E-state index is 0.0141. The largest absolute Gasteiger partial charge is 0.506 e. The summed E-state index contributed by atoms with van der Waals surface area (Å²) in [7, 11) is 1.45. The molecular weight excluding hydrogens is 593 g/mol. The van der Waals surface area contributed by atoms with Crippen LogP contribution in [-0.2, 0) is 21.6 Å². The lowest BCUT2D eigenvalue weighted by atomic mass is 9.87. The zero-order valence-electron chi connectivity index (χ0n) is 24.4. The molecule has 224 valence electrons. The second-order valence-corrected chi connectivity index (χ2v) is 12.0. The Morgan fingerprint density at radius 3 is 2.44 bits per heavy atom. The maximum Gasteiger partial charge on any atom is 0.344 e. The van der Waals surface area contributed by atoms with E-state index in [0.717, 1.165) is 17.3 Å². The summed E-state index contributed by atoms with van der Waals surface area (Å²) in [5, 5.41) is 11.3. The highest BCUT2D eigenvalue weighted by atomic mass is 35.5. The second-order valence-electron chi connectivity index (χ2n) is 10.6. The molecule has 0 radical (unpaired) electrons. The molecule has 1 heterocycles. The number of hydrogen-bond acceptors (Lipinski definition) is 7. The number of carbonyl (C=O) groups excluding carboxylic acids is 2. The summed E-state index contributed by atoms with van der Waals surface area (Å²) in [4.78, 5) is 30.3. The minimum atomic E-state index is -0.803. The Kier molecular flexibility index (Phi) is 9.98. The van der Waals surface area contributed by atoms with E-state index in [9.17, 15) is 19.1 Å². The lowest BCUT2D eigenvalue weighted by molar-refractivity contribution is -0.138. The molecule has 1 amide bonds. The molecule has 0 bridgehead atoms. The zero-order chi connectivity index (χ0) is 31.3. The predicted molar refractivity (Wildman–Crippen MR) is 167 cm³/mol. The number of amides is 1. The molecule has 0 atom stereocenters. The highest BCUT2D eigenvalue weighted by Crippen LogP contribution is 2.42. The van der Waals surface area contributed by atoms with Gasteiger partial charge in [-0.25, -0.2) is 14.2 Å². The third-order valence-electron chi connectivity index (χ3n) is 6.39. The van der Waals surface area contributed by atoms with Crippen LogP contribution in [0.3, 0.4) is 0 Å². The summed E-state index contributed by atoms with van der Waals surface area (Å²) < 4.78 is 30.0. The number of aliphatic hydroxyl groups is 1. The van der Waals surface area contributed by atoms with Crippen molar-refractivity contribution in [2.75, 3.05) is 13.7 Å². The molecule has 1 aliphatic heterocycles. The number of ether oxygens (including phenoxy) is 3. The maximum absolute atomic E-state index is 13.6. The van der Waals surface area contributed by atoms with Gasteiger partial charge in [0, 0.05) is 5.56 Å². The van der Waals surface area contributed by atoms with Crippen LogP contribution in [0.15, 0.2) is 81.9 Å². The summed E-state index contributed by atoms with van der Waals surface area (Å²) in [6.07, 6.45) is 1.58. The van der Waals surface area contributed by atoms with Gasteiger partial charge in [-0.3, -0.25) is 4.79 Å². The monoisotopic (exact) mass is 623 g/mol. The molecule has 1 N–H and O–H groups in total. The van der Waals surface area contributed by atoms with Crippen LogP contribution in [0.1, 0.15) is 54.7 Å². The first-order chi connectivity index (χ1) is 20.4. The summed E-state index contributed by atoms with van der Waals surface area (Å²) in [6.45, 7) is 7.98.